The van der Waals surface area contributed by atoms with E-state index in [2.05, 4.69) is 21.8 Å². The summed E-state index contributed by atoms with van der Waals surface area (Å²) in [6.45, 7) is 0. The second-order valence-corrected chi connectivity index (χ2v) is 3.86. The van der Waals surface area contributed by atoms with Gasteiger partial charge in [0, 0.05) is 25.1 Å². The summed E-state index contributed by atoms with van der Waals surface area (Å²) in [5.74, 6) is 0.905. The Hall–Kier alpha value is -1.61. The van der Waals surface area contributed by atoms with Crippen LogP contribution in [0.25, 0.3) is 0 Å². The number of hydrogen-bond acceptors (Lipinski definition) is 2. The van der Waals surface area contributed by atoms with Crippen LogP contribution in [-0.4, -0.2) is 12.9 Å². The third kappa shape index (κ3) is 2.44. The standard InChI is InChI=1S/C12H12N2S.H2/c1-13-12(10-7-8-15-9-10)14-11-5-3-2-4-6-11;/h2-9H,1H3,(H,13,14);1H. The van der Waals surface area contributed by atoms with E-state index in [0.29, 0.717) is 0 Å². The number of aliphatic imine (C=N–C) groups is 1. The fourth-order valence-corrected chi connectivity index (χ4v) is 1.96. The molecule has 2 aromatic rings. The smallest absolute Gasteiger partial charge is 0.133 e. The van der Waals surface area contributed by atoms with Gasteiger partial charge in [0.25, 0.3) is 0 Å². The van der Waals surface area contributed by atoms with Crippen molar-refractivity contribution in [3.63, 3.8) is 0 Å². The second kappa shape index (κ2) is 4.75. The van der Waals surface area contributed by atoms with Crippen LogP contribution in [0.1, 0.15) is 6.99 Å². The van der Waals surface area contributed by atoms with E-state index in [4.69, 9.17) is 0 Å². The Balaban J connectivity index is 0.00000128. The minimum absolute atomic E-state index is 0. The van der Waals surface area contributed by atoms with E-state index in [1.54, 1.807) is 18.4 Å². The van der Waals surface area contributed by atoms with Gasteiger partial charge in [0.1, 0.15) is 5.84 Å². The zero-order valence-electron chi connectivity index (χ0n) is 8.47. The first-order valence-electron chi connectivity index (χ1n) is 4.71. The monoisotopic (exact) mass is 218 g/mol. The third-order valence-electron chi connectivity index (χ3n) is 2.05. The Morgan fingerprint density at radius 2 is 2.07 bits per heavy atom. The molecular weight excluding hydrogens is 204 g/mol. The molecule has 1 heterocycles. The zero-order chi connectivity index (χ0) is 10.5. The molecule has 3 heteroatoms. The molecule has 0 atom stereocenters. The first kappa shape index (κ1) is 9.93. The first-order chi connectivity index (χ1) is 7.40. The van der Waals surface area contributed by atoms with E-state index in [0.717, 1.165) is 17.1 Å². The summed E-state index contributed by atoms with van der Waals surface area (Å²) in [6, 6.07) is 12.1. The minimum atomic E-state index is 0. The number of amidine groups is 1. The molecule has 78 valence electrons. The number of hydrogen-bond donors (Lipinski definition) is 1. The molecule has 0 unspecified atom stereocenters. The molecular formula is C12H14N2S. The summed E-state index contributed by atoms with van der Waals surface area (Å²) in [5.41, 5.74) is 2.19. The predicted molar refractivity (Wildman–Crippen MR) is 69.0 cm³/mol. The number of rotatable bonds is 2. The normalized spacial score (nSPS) is 11.4. The average Bonchev–Trinajstić information content (AvgIpc) is 2.81. The fourth-order valence-electron chi connectivity index (χ4n) is 1.31. The Kier molecular flexibility index (Phi) is 3.15. The summed E-state index contributed by atoms with van der Waals surface area (Å²) in [7, 11) is 1.79. The van der Waals surface area contributed by atoms with Crippen LogP contribution in [0.4, 0.5) is 5.69 Å². The van der Waals surface area contributed by atoms with Crippen LogP contribution in [0.2, 0.25) is 0 Å². The van der Waals surface area contributed by atoms with Crippen molar-refractivity contribution in [3.8, 4) is 0 Å². The molecule has 0 aliphatic heterocycles. The lowest BCUT2D eigenvalue weighted by atomic mass is 10.2. The molecule has 1 N–H and O–H groups in total. The Morgan fingerprint density at radius 3 is 2.67 bits per heavy atom. The SMILES string of the molecule is CN=C(Nc1ccccc1)c1ccsc1.[HH]. The number of nitrogens with zero attached hydrogens (tertiary/aromatic N) is 1. The third-order valence-corrected chi connectivity index (χ3v) is 2.74. The lowest BCUT2D eigenvalue weighted by Gasteiger charge is -2.07. The van der Waals surface area contributed by atoms with Gasteiger partial charge in [-0.25, -0.2) is 0 Å². The van der Waals surface area contributed by atoms with Crippen LogP contribution in [0.5, 0.6) is 0 Å². The Bertz CT molecular complexity index is 437. The molecule has 1 aromatic carbocycles. The van der Waals surface area contributed by atoms with Gasteiger partial charge in [0.2, 0.25) is 0 Å². The van der Waals surface area contributed by atoms with Crippen molar-refractivity contribution in [2.75, 3.05) is 12.4 Å². The molecule has 0 saturated heterocycles. The molecule has 15 heavy (non-hydrogen) atoms. The number of nitrogens with one attached hydrogen (secondary N) is 1. The van der Waals surface area contributed by atoms with Crippen molar-refractivity contribution in [2.24, 2.45) is 4.99 Å². The predicted octanol–water partition coefficient (Wildman–Crippen LogP) is 3.48. The fraction of sp³-hybridized carbons (Fsp3) is 0.0833. The van der Waals surface area contributed by atoms with E-state index >= 15 is 0 Å². The highest BCUT2D eigenvalue weighted by molar-refractivity contribution is 7.08. The minimum Gasteiger partial charge on any atom is -0.340 e. The van der Waals surface area contributed by atoms with Gasteiger partial charge in [-0.05, 0) is 23.6 Å². The lowest BCUT2D eigenvalue weighted by molar-refractivity contribution is 1.41. The van der Waals surface area contributed by atoms with E-state index in [-0.39, 0.29) is 1.43 Å². The highest BCUT2D eigenvalue weighted by atomic mass is 32.1. The van der Waals surface area contributed by atoms with Gasteiger partial charge >= 0.3 is 0 Å². The van der Waals surface area contributed by atoms with Crippen molar-refractivity contribution < 1.29 is 1.43 Å². The van der Waals surface area contributed by atoms with E-state index < -0.39 is 0 Å². The maximum atomic E-state index is 4.24. The lowest BCUT2D eigenvalue weighted by Crippen LogP contribution is -2.12. The van der Waals surface area contributed by atoms with Crippen molar-refractivity contribution in [1.29, 1.82) is 0 Å². The molecule has 0 radical (unpaired) electrons. The van der Waals surface area contributed by atoms with Gasteiger partial charge < -0.3 is 5.32 Å². The molecule has 0 bridgehead atoms. The first-order valence-corrected chi connectivity index (χ1v) is 5.66. The summed E-state index contributed by atoms with van der Waals surface area (Å²) in [4.78, 5) is 4.24. The number of benzene rings is 1. The zero-order valence-corrected chi connectivity index (χ0v) is 9.29. The molecule has 2 nitrogen and oxygen atoms in total. The van der Waals surface area contributed by atoms with Crippen molar-refractivity contribution in [2.45, 2.75) is 0 Å². The molecule has 0 amide bonds. The van der Waals surface area contributed by atoms with Crippen LogP contribution < -0.4 is 5.32 Å². The quantitative estimate of drug-likeness (QED) is 0.605. The average molecular weight is 218 g/mol. The molecule has 0 fully saturated rings. The summed E-state index contributed by atoms with van der Waals surface area (Å²) < 4.78 is 0. The van der Waals surface area contributed by atoms with Gasteiger partial charge in [-0.2, -0.15) is 11.3 Å². The highest BCUT2D eigenvalue weighted by Crippen LogP contribution is 2.11. The van der Waals surface area contributed by atoms with E-state index in [1.807, 2.05) is 35.7 Å². The molecule has 0 aliphatic carbocycles. The van der Waals surface area contributed by atoms with Crippen molar-refractivity contribution >= 4 is 22.9 Å². The van der Waals surface area contributed by atoms with Gasteiger partial charge in [-0.15, -0.1) is 0 Å². The van der Waals surface area contributed by atoms with Gasteiger partial charge in [-0.1, -0.05) is 18.2 Å². The second-order valence-electron chi connectivity index (χ2n) is 3.08. The van der Waals surface area contributed by atoms with Crippen LogP contribution >= 0.6 is 11.3 Å². The number of thiophene rings is 1. The molecule has 0 aliphatic rings. The van der Waals surface area contributed by atoms with Gasteiger partial charge in [-0.3, -0.25) is 4.99 Å². The summed E-state index contributed by atoms with van der Waals surface area (Å²) in [5, 5.41) is 7.42. The Labute approximate surface area is 94.8 Å². The van der Waals surface area contributed by atoms with Crippen molar-refractivity contribution in [3.05, 3.63) is 52.7 Å². The maximum Gasteiger partial charge on any atom is 0.133 e. The highest BCUT2D eigenvalue weighted by Gasteiger charge is 2.02. The maximum absolute atomic E-state index is 4.24. The van der Waals surface area contributed by atoms with Crippen LogP contribution in [-0.2, 0) is 0 Å². The topological polar surface area (TPSA) is 24.4 Å². The molecule has 2 rings (SSSR count). The number of anilines is 1. The Morgan fingerprint density at radius 1 is 1.27 bits per heavy atom. The summed E-state index contributed by atoms with van der Waals surface area (Å²) >= 11 is 1.67. The molecule has 0 spiro atoms. The summed E-state index contributed by atoms with van der Waals surface area (Å²) in [6.07, 6.45) is 0. The van der Waals surface area contributed by atoms with Gasteiger partial charge in [0.05, 0.1) is 0 Å². The van der Waals surface area contributed by atoms with Crippen molar-refractivity contribution in [1.82, 2.24) is 0 Å². The number of para-hydroxylation sites is 1. The molecule has 1 aromatic heterocycles. The van der Waals surface area contributed by atoms with Crippen LogP contribution in [0.3, 0.4) is 0 Å². The van der Waals surface area contributed by atoms with Crippen LogP contribution in [0, 0.1) is 0 Å². The largest absolute Gasteiger partial charge is 0.340 e. The van der Waals surface area contributed by atoms with Crippen LogP contribution in [0.15, 0.2) is 52.2 Å². The van der Waals surface area contributed by atoms with Gasteiger partial charge in [0.15, 0.2) is 0 Å². The molecule has 0 saturated carbocycles. The van der Waals surface area contributed by atoms with E-state index in [1.165, 1.54) is 0 Å². The van der Waals surface area contributed by atoms with E-state index in [9.17, 15) is 0 Å².